The molecule has 4 nitrogen and oxygen atoms in total. The lowest BCUT2D eigenvalue weighted by Gasteiger charge is -2.24. The first-order chi connectivity index (χ1) is 8.27. The smallest absolute Gasteiger partial charge is 0.317 e. The van der Waals surface area contributed by atoms with Crippen LogP contribution in [-0.4, -0.2) is 42.3 Å². The topological polar surface area (TPSA) is 41.6 Å². The maximum absolute atomic E-state index is 12.1. The van der Waals surface area contributed by atoms with Gasteiger partial charge in [-0.1, -0.05) is 12.8 Å². The standard InChI is InChI=1S/C13H22N2O2/c16-12(14-11-4-1-2-5-11)15-8-7-13(10-15)6-3-9-17-13/h11H,1-10H2,(H,14,16)/t13-/m0/s1. The van der Waals surface area contributed by atoms with Gasteiger partial charge in [0.15, 0.2) is 0 Å². The summed E-state index contributed by atoms with van der Waals surface area (Å²) in [6.45, 7) is 2.53. The second-order valence-electron chi connectivity index (χ2n) is 5.74. The Bertz CT molecular complexity index is 294. The lowest BCUT2D eigenvalue weighted by molar-refractivity contribution is 0.0152. The number of rotatable bonds is 1. The second kappa shape index (κ2) is 4.48. The molecule has 2 amide bonds. The number of hydrogen-bond acceptors (Lipinski definition) is 2. The Balaban J connectivity index is 1.53. The molecule has 1 saturated carbocycles. The molecule has 1 aliphatic carbocycles. The number of amides is 2. The van der Waals surface area contributed by atoms with Gasteiger partial charge in [0.2, 0.25) is 0 Å². The van der Waals surface area contributed by atoms with Crippen molar-refractivity contribution >= 4 is 6.03 Å². The van der Waals surface area contributed by atoms with Gasteiger partial charge >= 0.3 is 6.03 Å². The molecule has 0 aromatic heterocycles. The van der Waals surface area contributed by atoms with Crippen LogP contribution in [0.5, 0.6) is 0 Å². The molecule has 2 aliphatic heterocycles. The van der Waals surface area contributed by atoms with E-state index in [4.69, 9.17) is 4.74 Å². The van der Waals surface area contributed by atoms with E-state index in [1.807, 2.05) is 4.90 Å². The predicted molar refractivity (Wildman–Crippen MR) is 64.9 cm³/mol. The number of carbonyl (C=O) groups is 1. The monoisotopic (exact) mass is 238 g/mol. The Labute approximate surface area is 103 Å². The quantitative estimate of drug-likeness (QED) is 0.758. The van der Waals surface area contributed by atoms with Gasteiger partial charge in [-0.25, -0.2) is 4.79 Å². The highest BCUT2D eigenvalue weighted by molar-refractivity contribution is 5.75. The Morgan fingerprint density at radius 2 is 2.06 bits per heavy atom. The maximum atomic E-state index is 12.1. The molecule has 0 unspecified atom stereocenters. The fourth-order valence-corrected chi connectivity index (χ4v) is 3.43. The van der Waals surface area contributed by atoms with Crippen molar-refractivity contribution in [1.29, 1.82) is 0 Å². The molecule has 96 valence electrons. The fraction of sp³-hybridized carbons (Fsp3) is 0.923. The van der Waals surface area contributed by atoms with E-state index in [9.17, 15) is 4.79 Å². The van der Waals surface area contributed by atoms with Crippen LogP contribution in [0.2, 0.25) is 0 Å². The maximum Gasteiger partial charge on any atom is 0.317 e. The van der Waals surface area contributed by atoms with Gasteiger partial charge in [0.1, 0.15) is 0 Å². The van der Waals surface area contributed by atoms with Crippen LogP contribution in [0.3, 0.4) is 0 Å². The summed E-state index contributed by atoms with van der Waals surface area (Å²) in [5.74, 6) is 0. The molecule has 3 aliphatic rings. The molecule has 0 aromatic carbocycles. The third kappa shape index (κ3) is 2.28. The van der Waals surface area contributed by atoms with Gasteiger partial charge < -0.3 is 15.0 Å². The Kier molecular flexibility index (Phi) is 2.99. The third-order valence-corrected chi connectivity index (χ3v) is 4.47. The Morgan fingerprint density at radius 3 is 2.76 bits per heavy atom. The molecule has 3 rings (SSSR count). The number of likely N-dealkylation sites (tertiary alicyclic amines) is 1. The summed E-state index contributed by atoms with van der Waals surface area (Å²) >= 11 is 0. The first kappa shape index (κ1) is 11.3. The lowest BCUT2D eigenvalue weighted by atomic mass is 10.00. The molecule has 0 radical (unpaired) electrons. The largest absolute Gasteiger partial charge is 0.373 e. The number of nitrogens with one attached hydrogen (secondary N) is 1. The van der Waals surface area contributed by atoms with E-state index in [1.165, 1.54) is 12.8 Å². The van der Waals surface area contributed by atoms with E-state index in [0.717, 1.165) is 51.8 Å². The van der Waals surface area contributed by atoms with Crippen molar-refractivity contribution in [3.8, 4) is 0 Å². The van der Waals surface area contributed by atoms with Gasteiger partial charge in [0.25, 0.3) is 0 Å². The van der Waals surface area contributed by atoms with Gasteiger partial charge in [0, 0.05) is 19.2 Å². The van der Waals surface area contributed by atoms with Crippen molar-refractivity contribution in [1.82, 2.24) is 10.2 Å². The Hall–Kier alpha value is -0.770. The minimum absolute atomic E-state index is 0.00696. The zero-order valence-electron chi connectivity index (χ0n) is 10.4. The SMILES string of the molecule is O=C(NC1CCCC1)N1CC[C@@]2(CCCO2)C1. The van der Waals surface area contributed by atoms with Crippen molar-refractivity contribution in [2.45, 2.75) is 56.6 Å². The van der Waals surface area contributed by atoms with Crippen LogP contribution in [0.4, 0.5) is 4.79 Å². The van der Waals surface area contributed by atoms with Crippen LogP contribution in [0.25, 0.3) is 0 Å². The molecule has 2 heterocycles. The highest BCUT2D eigenvalue weighted by Crippen LogP contribution is 2.34. The van der Waals surface area contributed by atoms with Gasteiger partial charge in [-0.3, -0.25) is 0 Å². The summed E-state index contributed by atoms with van der Waals surface area (Å²) in [6, 6.07) is 0.549. The number of urea groups is 1. The van der Waals surface area contributed by atoms with E-state index < -0.39 is 0 Å². The first-order valence-corrected chi connectivity index (χ1v) is 6.97. The molecule has 4 heteroatoms. The summed E-state index contributed by atoms with van der Waals surface area (Å²) in [7, 11) is 0. The molecule has 1 N–H and O–H groups in total. The third-order valence-electron chi connectivity index (χ3n) is 4.47. The first-order valence-electron chi connectivity index (χ1n) is 6.97. The molecule has 1 spiro atoms. The molecular weight excluding hydrogens is 216 g/mol. The summed E-state index contributed by atoms with van der Waals surface area (Å²) in [6.07, 6.45) is 8.13. The van der Waals surface area contributed by atoms with Crippen LogP contribution >= 0.6 is 0 Å². The van der Waals surface area contributed by atoms with Crippen molar-refractivity contribution in [3.63, 3.8) is 0 Å². The van der Waals surface area contributed by atoms with Crippen LogP contribution < -0.4 is 5.32 Å². The van der Waals surface area contributed by atoms with Crippen LogP contribution in [-0.2, 0) is 4.74 Å². The lowest BCUT2D eigenvalue weighted by Crippen LogP contribution is -2.44. The normalized spacial score (nSPS) is 33.8. The van der Waals surface area contributed by atoms with Crippen molar-refractivity contribution in [2.75, 3.05) is 19.7 Å². The molecule has 17 heavy (non-hydrogen) atoms. The van der Waals surface area contributed by atoms with Crippen molar-refractivity contribution in [2.24, 2.45) is 0 Å². The van der Waals surface area contributed by atoms with Crippen molar-refractivity contribution in [3.05, 3.63) is 0 Å². The number of nitrogens with zero attached hydrogens (tertiary/aromatic N) is 1. The second-order valence-corrected chi connectivity index (χ2v) is 5.74. The number of ether oxygens (including phenoxy) is 1. The summed E-state index contributed by atoms with van der Waals surface area (Å²) < 4.78 is 5.83. The van der Waals surface area contributed by atoms with Gasteiger partial charge in [-0.15, -0.1) is 0 Å². The van der Waals surface area contributed by atoms with Crippen molar-refractivity contribution < 1.29 is 9.53 Å². The van der Waals surface area contributed by atoms with Gasteiger partial charge in [-0.05, 0) is 32.1 Å². The summed E-state index contributed by atoms with van der Waals surface area (Å²) in [5, 5.41) is 3.16. The number of carbonyl (C=O) groups excluding carboxylic acids is 1. The fourth-order valence-electron chi connectivity index (χ4n) is 3.43. The van der Waals surface area contributed by atoms with E-state index in [1.54, 1.807) is 0 Å². The molecule has 0 aromatic rings. The van der Waals surface area contributed by atoms with Gasteiger partial charge in [-0.2, -0.15) is 0 Å². The van der Waals surface area contributed by atoms with E-state index >= 15 is 0 Å². The zero-order valence-corrected chi connectivity index (χ0v) is 10.4. The summed E-state index contributed by atoms with van der Waals surface area (Å²) in [5.41, 5.74) is 0.00696. The molecule has 0 bridgehead atoms. The van der Waals surface area contributed by atoms with E-state index in [-0.39, 0.29) is 11.6 Å². The number of hydrogen-bond donors (Lipinski definition) is 1. The highest BCUT2D eigenvalue weighted by atomic mass is 16.5. The molecule has 1 atom stereocenters. The molecular formula is C13H22N2O2. The highest BCUT2D eigenvalue weighted by Gasteiger charge is 2.43. The van der Waals surface area contributed by atoms with Crippen LogP contribution in [0.15, 0.2) is 0 Å². The van der Waals surface area contributed by atoms with E-state index in [2.05, 4.69) is 5.32 Å². The van der Waals surface area contributed by atoms with Crippen LogP contribution in [0.1, 0.15) is 44.9 Å². The minimum Gasteiger partial charge on any atom is -0.373 e. The Morgan fingerprint density at radius 1 is 1.24 bits per heavy atom. The van der Waals surface area contributed by atoms with E-state index in [0.29, 0.717) is 6.04 Å². The predicted octanol–water partition coefficient (Wildman–Crippen LogP) is 1.89. The van der Waals surface area contributed by atoms with Crippen LogP contribution in [0, 0.1) is 0 Å². The minimum atomic E-state index is 0.00696. The molecule has 3 fully saturated rings. The average Bonchev–Trinajstić information content (AvgIpc) is 3.03. The average molecular weight is 238 g/mol. The molecule has 2 saturated heterocycles. The summed E-state index contributed by atoms with van der Waals surface area (Å²) in [4.78, 5) is 14.0. The zero-order chi connectivity index (χ0) is 11.7. The van der Waals surface area contributed by atoms with Gasteiger partial charge in [0.05, 0.1) is 12.1 Å².